The highest BCUT2D eigenvalue weighted by Gasteiger charge is 2.18. The molecule has 1 unspecified atom stereocenters. The van der Waals surface area contributed by atoms with Gasteiger partial charge in [0.2, 0.25) is 0 Å². The number of fused-ring (bicyclic) bond motifs is 1. The molecule has 1 atom stereocenters. The fourth-order valence-corrected chi connectivity index (χ4v) is 2.78. The first-order valence-electron chi connectivity index (χ1n) is 6.26. The van der Waals surface area contributed by atoms with E-state index in [0.29, 0.717) is 11.3 Å². The van der Waals surface area contributed by atoms with E-state index >= 15 is 0 Å². The van der Waals surface area contributed by atoms with E-state index in [-0.39, 0.29) is 5.82 Å². The Morgan fingerprint density at radius 3 is 2.75 bits per heavy atom. The van der Waals surface area contributed by atoms with Crippen molar-refractivity contribution in [2.45, 2.75) is 13.0 Å². The second kappa shape index (κ2) is 5.04. The van der Waals surface area contributed by atoms with Crippen molar-refractivity contribution in [2.75, 3.05) is 0 Å². The number of benzene rings is 2. The molecule has 3 rings (SSSR count). The van der Waals surface area contributed by atoms with Crippen molar-refractivity contribution >= 4 is 26.9 Å². The van der Waals surface area contributed by atoms with Crippen LogP contribution in [0.5, 0.6) is 0 Å². The summed E-state index contributed by atoms with van der Waals surface area (Å²) in [7, 11) is 0. The molecule has 1 heterocycles. The van der Waals surface area contributed by atoms with E-state index in [9.17, 15) is 4.39 Å². The van der Waals surface area contributed by atoms with Gasteiger partial charge in [0.25, 0.3) is 0 Å². The third-order valence-corrected chi connectivity index (χ3v) is 4.08. The second-order valence-corrected chi connectivity index (χ2v) is 5.64. The van der Waals surface area contributed by atoms with Crippen molar-refractivity contribution in [1.29, 1.82) is 0 Å². The first-order chi connectivity index (χ1) is 9.56. The number of rotatable bonds is 2. The van der Waals surface area contributed by atoms with Gasteiger partial charge in [0.1, 0.15) is 17.2 Å². The summed E-state index contributed by atoms with van der Waals surface area (Å²) in [4.78, 5) is 0. The Balaban J connectivity index is 2.10. The van der Waals surface area contributed by atoms with Gasteiger partial charge in [0, 0.05) is 9.86 Å². The Kier molecular flexibility index (Phi) is 3.36. The van der Waals surface area contributed by atoms with E-state index < -0.39 is 6.04 Å². The molecule has 0 aliphatic carbocycles. The van der Waals surface area contributed by atoms with Gasteiger partial charge in [-0.15, -0.1) is 0 Å². The molecule has 2 N–H and O–H groups in total. The summed E-state index contributed by atoms with van der Waals surface area (Å²) in [6.07, 6.45) is 0. The molecule has 0 amide bonds. The summed E-state index contributed by atoms with van der Waals surface area (Å²) in [5.41, 5.74) is 8.76. The van der Waals surface area contributed by atoms with Crippen LogP contribution >= 0.6 is 15.9 Å². The van der Waals surface area contributed by atoms with Crippen molar-refractivity contribution in [3.05, 3.63) is 69.6 Å². The third kappa shape index (κ3) is 2.25. The number of hydrogen-bond acceptors (Lipinski definition) is 2. The van der Waals surface area contributed by atoms with Gasteiger partial charge in [-0.2, -0.15) is 0 Å². The minimum absolute atomic E-state index is 0.314. The van der Waals surface area contributed by atoms with E-state index in [0.717, 1.165) is 21.0 Å². The molecule has 4 heteroatoms. The van der Waals surface area contributed by atoms with Crippen molar-refractivity contribution in [1.82, 2.24) is 0 Å². The van der Waals surface area contributed by atoms with Gasteiger partial charge < -0.3 is 10.2 Å². The molecule has 3 aromatic rings. The highest BCUT2D eigenvalue weighted by Crippen LogP contribution is 2.32. The zero-order valence-corrected chi connectivity index (χ0v) is 12.4. The second-order valence-electron chi connectivity index (χ2n) is 4.79. The van der Waals surface area contributed by atoms with Gasteiger partial charge in [0.15, 0.2) is 0 Å². The molecule has 0 radical (unpaired) electrons. The maximum absolute atomic E-state index is 13.4. The predicted octanol–water partition coefficient (Wildman–Crippen LogP) is 4.69. The molecule has 0 saturated heterocycles. The van der Waals surface area contributed by atoms with Gasteiger partial charge >= 0.3 is 0 Å². The molecular weight excluding hydrogens is 321 g/mol. The molecule has 1 aromatic heterocycles. The van der Waals surface area contributed by atoms with Crippen molar-refractivity contribution < 1.29 is 8.81 Å². The quantitative estimate of drug-likeness (QED) is 0.738. The average molecular weight is 334 g/mol. The zero-order valence-electron chi connectivity index (χ0n) is 10.9. The zero-order chi connectivity index (χ0) is 14.3. The molecule has 102 valence electrons. The van der Waals surface area contributed by atoms with E-state index in [2.05, 4.69) is 15.9 Å². The molecule has 0 bridgehead atoms. The molecule has 2 aromatic carbocycles. The number of nitrogens with two attached hydrogens (primary N) is 1. The molecule has 0 saturated carbocycles. The van der Waals surface area contributed by atoms with E-state index in [4.69, 9.17) is 10.2 Å². The lowest BCUT2D eigenvalue weighted by Gasteiger charge is -2.11. The van der Waals surface area contributed by atoms with E-state index in [1.54, 1.807) is 6.07 Å². The molecule has 20 heavy (non-hydrogen) atoms. The van der Waals surface area contributed by atoms with Crippen LogP contribution in [-0.2, 0) is 0 Å². The Morgan fingerprint density at radius 2 is 2.00 bits per heavy atom. The Hall–Kier alpha value is -1.65. The summed E-state index contributed by atoms with van der Waals surface area (Å²) >= 11 is 3.40. The minimum atomic E-state index is -0.508. The highest BCUT2D eigenvalue weighted by atomic mass is 79.9. The van der Waals surface area contributed by atoms with Gasteiger partial charge in [0.05, 0.1) is 6.04 Å². The summed E-state index contributed by atoms with van der Waals surface area (Å²) in [5, 5.41) is 1.00. The van der Waals surface area contributed by atoms with Gasteiger partial charge in [-0.3, -0.25) is 0 Å². The predicted molar refractivity (Wildman–Crippen MR) is 81.1 cm³/mol. The van der Waals surface area contributed by atoms with Crippen LogP contribution in [0.1, 0.15) is 22.9 Å². The fraction of sp³-hybridized carbons (Fsp3) is 0.125. The standard InChI is InChI=1S/C16H13BrFNO/c1-9-3-2-4-10-7-14(20-16(9)10)15(19)12-8-11(18)5-6-13(12)17/h2-8,15H,19H2,1H3. The van der Waals surface area contributed by atoms with E-state index in [1.807, 2.05) is 31.2 Å². The Bertz CT molecular complexity index is 781. The fourth-order valence-electron chi connectivity index (χ4n) is 2.29. The monoisotopic (exact) mass is 333 g/mol. The van der Waals surface area contributed by atoms with E-state index in [1.165, 1.54) is 12.1 Å². The lowest BCUT2D eigenvalue weighted by atomic mass is 10.0. The minimum Gasteiger partial charge on any atom is -0.459 e. The lowest BCUT2D eigenvalue weighted by molar-refractivity contribution is 0.521. The SMILES string of the molecule is Cc1cccc2cc(C(N)c3cc(F)ccc3Br)oc12. The maximum Gasteiger partial charge on any atom is 0.137 e. The molecule has 0 fully saturated rings. The normalized spacial score (nSPS) is 12.8. The van der Waals surface area contributed by atoms with Crippen LogP contribution in [-0.4, -0.2) is 0 Å². The van der Waals surface area contributed by atoms with Gasteiger partial charge in [-0.05, 0) is 42.3 Å². The van der Waals surface area contributed by atoms with Crippen molar-refractivity contribution in [3.8, 4) is 0 Å². The van der Waals surface area contributed by atoms with Crippen molar-refractivity contribution in [3.63, 3.8) is 0 Å². The molecule has 0 aliphatic rings. The van der Waals surface area contributed by atoms with Crippen molar-refractivity contribution in [2.24, 2.45) is 5.73 Å². The lowest BCUT2D eigenvalue weighted by Crippen LogP contribution is -2.11. The first-order valence-corrected chi connectivity index (χ1v) is 7.05. The smallest absolute Gasteiger partial charge is 0.137 e. The number of hydrogen-bond donors (Lipinski definition) is 1. The summed E-state index contributed by atoms with van der Waals surface area (Å²) in [6.45, 7) is 1.99. The molecular formula is C16H13BrFNO. The Morgan fingerprint density at radius 1 is 1.20 bits per heavy atom. The van der Waals surface area contributed by atoms with Crippen LogP contribution in [0.3, 0.4) is 0 Å². The summed E-state index contributed by atoms with van der Waals surface area (Å²) < 4.78 is 20.0. The topological polar surface area (TPSA) is 39.2 Å². The number of para-hydroxylation sites is 1. The molecule has 0 aliphatic heterocycles. The van der Waals surface area contributed by atoms with Crippen LogP contribution in [0.15, 0.2) is 51.4 Å². The maximum atomic E-state index is 13.4. The number of halogens is 2. The third-order valence-electron chi connectivity index (χ3n) is 3.36. The first kappa shape index (κ1) is 13.3. The van der Waals surface area contributed by atoms with Gasteiger partial charge in [-0.25, -0.2) is 4.39 Å². The Labute approximate surface area is 124 Å². The summed E-state index contributed by atoms with van der Waals surface area (Å²) in [5.74, 6) is 0.312. The van der Waals surface area contributed by atoms with Crippen LogP contribution in [0.25, 0.3) is 11.0 Å². The van der Waals surface area contributed by atoms with Crippen LogP contribution in [0.4, 0.5) is 4.39 Å². The average Bonchev–Trinajstić information content (AvgIpc) is 2.86. The highest BCUT2D eigenvalue weighted by molar-refractivity contribution is 9.10. The summed E-state index contributed by atoms with van der Waals surface area (Å²) in [6, 6.07) is 11.8. The van der Waals surface area contributed by atoms with Gasteiger partial charge in [-0.1, -0.05) is 34.1 Å². The molecule has 0 spiro atoms. The van der Waals surface area contributed by atoms with Crippen LogP contribution in [0.2, 0.25) is 0 Å². The number of aryl methyl sites for hydroxylation is 1. The van der Waals surface area contributed by atoms with Crippen LogP contribution < -0.4 is 5.73 Å². The number of furan rings is 1. The molecule has 2 nitrogen and oxygen atoms in total. The largest absolute Gasteiger partial charge is 0.459 e. The van der Waals surface area contributed by atoms with Crippen LogP contribution in [0, 0.1) is 12.7 Å².